The molecule has 0 amide bonds. The summed E-state index contributed by atoms with van der Waals surface area (Å²) in [6.45, 7) is 4.30. The summed E-state index contributed by atoms with van der Waals surface area (Å²) in [6, 6.07) is 6.09. The maximum absolute atomic E-state index is 5.78. The van der Waals surface area contributed by atoms with Crippen molar-refractivity contribution in [1.82, 2.24) is 19.6 Å². The molecule has 24 heavy (non-hydrogen) atoms. The van der Waals surface area contributed by atoms with E-state index in [0.29, 0.717) is 17.0 Å². The van der Waals surface area contributed by atoms with Gasteiger partial charge in [0, 0.05) is 17.7 Å². The van der Waals surface area contributed by atoms with Crippen molar-refractivity contribution in [2.45, 2.75) is 48.8 Å². The van der Waals surface area contributed by atoms with E-state index in [1.165, 1.54) is 36.1 Å². The van der Waals surface area contributed by atoms with E-state index in [2.05, 4.69) is 25.6 Å². The number of aryl methyl sites for hydroxylation is 2. The number of hydrogen-bond donors (Lipinski definition) is 0. The van der Waals surface area contributed by atoms with Gasteiger partial charge in [0.05, 0.1) is 0 Å². The first-order chi connectivity index (χ1) is 11.7. The first-order valence-electron chi connectivity index (χ1n) is 7.71. The number of rotatable bonds is 6. The molecule has 0 unspecified atom stereocenters. The molecular weight excluding hydrogens is 344 g/mol. The van der Waals surface area contributed by atoms with Crippen LogP contribution in [0.5, 0.6) is 5.75 Å². The molecule has 1 aromatic carbocycles. The van der Waals surface area contributed by atoms with Gasteiger partial charge in [-0.1, -0.05) is 12.1 Å². The monoisotopic (exact) mass is 360 g/mol. The first-order valence-corrected chi connectivity index (χ1v) is 9.30. The van der Waals surface area contributed by atoms with E-state index >= 15 is 0 Å². The highest BCUT2D eigenvalue weighted by molar-refractivity contribution is 8.00. The van der Waals surface area contributed by atoms with Gasteiger partial charge in [-0.15, -0.1) is 10.2 Å². The van der Waals surface area contributed by atoms with Gasteiger partial charge in [-0.25, -0.2) is 4.98 Å². The van der Waals surface area contributed by atoms with Crippen LogP contribution < -0.4 is 4.74 Å². The van der Waals surface area contributed by atoms with E-state index < -0.39 is 0 Å². The Morgan fingerprint density at radius 3 is 3.00 bits per heavy atom. The molecule has 0 saturated heterocycles. The quantitative estimate of drug-likeness (QED) is 0.654. The Bertz CT molecular complexity index is 857. The molecule has 2 heterocycles. The van der Waals surface area contributed by atoms with Gasteiger partial charge in [0.1, 0.15) is 11.6 Å². The van der Waals surface area contributed by atoms with Crippen molar-refractivity contribution < 1.29 is 9.15 Å². The maximum atomic E-state index is 5.78. The highest BCUT2D eigenvalue weighted by Crippen LogP contribution is 2.40. The molecule has 0 radical (unpaired) electrons. The van der Waals surface area contributed by atoms with E-state index in [0.717, 1.165) is 27.0 Å². The molecule has 6 nitrogen and oxygen atoms in total. The van der Waals surface area contributed by atoms with Gasteiger partial charge in [-0.05, 0) is 55.4 Å². The second-order valence-electron chi connectivity index (χ2n) is 5.81. The van der Waals surface area contributed by atoms with E-state index in [9.17, 15) is 0 Å². The van der Waals surface area contributed by atoms with Gasteiger partial charge in [0.25, 0.3) is 11.1 Å². The number of ether oxygens (including phenoxy) is 1. The molecule has 0 atom stereocenters. The zero-order valence-electron chi connectivity index (χ0n) is 13.4. The van der Waals surface area contributed by atoms with Crippen LogP contribution >= 0.6 is 23.3 Å². The molecule has 1 saturated carbocycles. The summed E-state index contributed by atoms with van der Waals surface area (Å²) in [4.78, 5) is 4.50. The van der Waals surface area contributed by atoms with Gasteiger partial charge < -0.3 is 9.15 Å². The predicted molar refractivity (Wildman–Crippen MR) is 90.6 cm³/mol. The van der Waals surface area contributed by atoms with Crippen LogP contribution in [-0.2, 0) is 6.61 Å². The lowest BCUT2D eigenvalue weighted by molar-refractivity contribution is 0.250. The molecule has 8 heteroatoms. The fourth-order valence-electron chi connectivity index (χ4n) is 2.18. The van der Waals surface area contributed by atoms with Crippen molar-refractivity contribution in [3.63, 3.8) is 0 Å². The summed E-state index contributed by atoms with van der Waals surface area (Å²) in [7, 11) is 0. The summed E-state index contributed by atoms with van der Waals surface area (Å²) < 4.78 is 16.6. The second-order valence-corrected chi connectivity index (χ2v) is 7.76. The molecule has 3 aromatic rings. The van der Waals surface area contributed by atoms with Crippen molar-refractivity contribution >= 4 is 23.3 Å². The number of nitrogens with zero attached hydrogens (tertiary/aromatic N) is 4. The minimum Gasteiger partial charge on any atom is -0.484 e. The van der Waals surface area contributed by atoms with Gasteiger partial charge in [0.2, 0.25) is 0 Å². The van der Waals surface area contributed by atoms with Crippen molar-refractivity contribution in [1.29, 1.82) is 0 Å². The summed E-state index contributed by atoms with van der Waals surface area (Å²) in [5.41, 5.74) is 2.23. The van der Waals surface area contributed by atoms with E-state index in [1.807, 2.05) is 26.0 Å². The van der Waals surface area contributed by atoms with Crippen LogP contribution in [0.25, 0.3) is 0 Å². The Hall–Kier alpha value is -1.93. The van der Waals surface area contributed by atoms with E-state index in [4.69, 9.17) is 9.15 Å². The minimum atomic E-state index is 0.251. The van der Waals surface area contributed by atoms with Crippen molar-refractivity contribution in [2.24, 2.45) is 0 Å². The first kappa shape index (κ1) is 15.6. The Morgan fingerprint density at radius 1 is 1.29 bits per heavy atom. The Balaban J connectivity index is 1.38. The number of benzene rings is 1. The normalized spacial score (nSPS) is 14.1. The van der Waals surface area contributed by atoms with Gasteiger partial charge >= 0.3 is 0 Å². The van der Waals surface area contributed by atoms with E-state index in [1.54, 1.807) is 0 Å². The smallest absolute Gasteiger partial charge is 0.283 e. The van der Waals surface area contributed by atoms with E-state index in [-0.39, 0.29) is 6.61 Å². The fraction of sp³-hybridized carbons (Fsp3) is 0.375. The van der Waals surface area contributed by atoms with Crippen LogP contribution in [0.4, 0.5) is 0 Å². The largest absolute Gasteiger partial charge is 0.484 e. The van der Waals surface area contributed by atoms with Crippen molar-refractivity contribution in [3.8, 4) is 5.75 Å². The third-order valence-corrected chi connectivity index (χ3v) is 5.29. The lowest BCUT2D eigenvalue weighted by Crippen LogP contribution is -1.97. The van der Waals surface area contributed by atoms with Crippen LogP contribution in [0.3, 0.4) is 0 Å². The standard InChI is InChI=1S/C16H16N4O2S2/c1-9-3-4-10(2)12(7-9)21-8-13-18-19-15(22-13)23-16-17-14(20-24-16)11-5-6-11/h3-4,7,11H,5-6,8H2,1-2H3. The second kappa shape index (κ2) is 6.52. The van der Waals surface area contributed by atoms with Crippen LogP contribution in [0.2, 0.25) is 0 Å². The molecule has 4 rings (SSSR count). The molecule has 0 spiro atoms. The van der Waals surface area contributed by atoms with Crippen LogP contribution in [-0.4, -0.2) is 19.6 Å². The van der Waals surface area contributed by atoms with Crippen molar-refractivity contribution in [2.75, 3.05) is 0 Å². The molecule has 0 bridgehead atoms. The van der Waals surface area contributed by atoms with Crippen LogP contribution in [0.15, 0.2) is 32.2 Å². The summed E-state index contributed by atoms with van der Waals surface area (Å²) in [5.74, 6) is 2.78. The third kappa shape index (κ3) is 3.59. The Morgan fingerprint density at radius 2 is 2.17 bits per heavy atom. The predicted octanol–water partition coefficient (Wildman–Crippen LogP) is 4.15. The average Bonchev–Trinajstić information content (AvgIpc) is 3.16. The zero-order chi connectivity index (χ0) is 16.5. The van der Waals surface area contributed by atoms with Gasteiger partial charge in [-0.2, -0.15) is 4.37 Å². The highest BCUT2D eigenvalue weighted by Gasteiger charge is 2.28. The Kier molecular flexibility index (Phi) is 4.24. The molecule has 1 aliphatic carbocycles. The third-order valence-electron chi connectivity index (χ3n) is 3.68. The summed E-state index contributed by atoms with van der Waals surface area (Å²) >= 11 is 2.73. The number of hydrogen-bond acceptors (Lipinski definition) is 8. The molecule has 0 aliphatic heterocycles. The minimum absolute atomic E-state index is 0.251. The van der Waals surface area contributed by atoms with Crippen LogP contribution in [0.1, 0.15) is 41.6 Å². The molecule has 1 aliphatic rings. The van der Waals surface area contributed by atoms with Gasteiger partial charge in [-0.3, -0.25) is 0 Å². The van der Waals surface area contributed by atoms with Crippen molar-refractivity contribution in [3.05, 3.63) is 41.0 Å². The summed E-state index contributed by atoms with van der Waals surface area (Å²) in [5, 5.41) is 8.53. The molecular formula is C16H16N4O2S2. The lowest BCUT2D eigenvalue weighted by atomic mass is 10.1. The lowest BCUT2D eigenvalue weighted by Gasteiger charge is -2.07. The molecule has 0 N–H and O–H groups in total. The summed E-state index contributed by atoms with van der Waals surface area (Å²) in [6.07, 6.45) is 2.39. The SMILES string of the molecule is Cc1ccc(C)c(OCc2nnc(Sc3nc(C4CC4)ns3)o2)c1. The topological polar surface area (TPSA) is 73.9 Å². The average molecular weight is 360 g/mol. The number of aromatic nitrogens is 4. The van der Waals surface area contributed by atoms with Gasteiger partial charge in [0.15, 0.2) is 10.9 Å². The maximum Gasteiger partial charge on any atom is 0.283 e. The fourth-order valence-corrected chi connectivity index (χ4v) is 3.66. The highest BCUT2D eigenvalue weighted by atomic mass is 32.2. The molecule has 1 fully saturated rings. The molecule has 2 aromatic heterocycles. The molecule has 124 valence electrons. The zero-order valence-corrected chi connectivity index (χ0v) is 15.0. The van der Waals surface area contributed by atoms with Crippen LogP contribution in [0, 0.1) is 13.8 Å². The Labute approximate surface area is 147 Å².